The van der Waals surface area contributed by atoms with Gasteiger partial charge in [0.15, 0.2) is 0 Å². The van der Waals surface area contributed by atoms with E-state index in [-0.39, 0.29) is 0 Å². The van der Waals surface area contributed by atoms with Crippen LogP contribution >= 0.6 is 11.8 Å². The summed E-state index contributed by atoms with van der Waals surface area (Å²) in [5, 5.41) is 1.77. The van der Waals surface area contributed by atoms with Crippen LogP contribution in [0.4, 0.5) is 0 Å². The highest BCUT2D eigenvalue weighted by molar-refractivity contribution is 8.06. The Labute approximate surface area is 77.3 Å². The zero-order valence-corrected chi connectivity index (χ0v) is 7.68. The quantitative estimate of drug-likeness (QED) is 0.644. The van der Waals surface area contributed by atoms with E-state index < -0.39 is 0 Å². The Balaban J connectivity index is 2.68. The van der Waals surface area contributed by atoms with Gasteiger partial charge >= 0.3 is 0 Å². The summed E-state index contributed by atoms with van der Waals surface area (Å²) >= 11 is 1.53. The molecule has 0 spiro atoms. The van der Waals surface area contributed by atoms with Gasteiger partial charge in [-0.05, 0) is 11.8 Å². The zero-order valence-electron chi connectivity index (χ0n) is 6.86. The first kappa shape index (κ1) is 9.07. The summed E-state index contributed by atoms with van der Waals surface area (Å²) in [6.07, 6.45) is 8.66. The average Bonchev–Trinajstić information content (AvgIpc) is 2.32. The van der Waals surface area contributed by atoms with Gasteiger partial charge in [0.25, 0.3) is 0 Å². The van der Waals surface area contributed by atoms with Crippen LogP contribution in [0, 0.1) is 0 Å². The van der Waals surface area contributed by atoms with Gasteiger partial charge in [0.05, 0.1) is 0 Å². The molecule has 0 aromatic heterocycles. The van der Waals surface area contributed by atoms with Gasteiger partial charge in [-0.25, -0.2) is 0 Å². The molecule has 0 fully saturated rings. The highest BCUT2D eigenvalue weighted by Gasteiger charge is 1.98. The average molecular weight is 177 g/mol. The fraction of sp³-hybridized carbons (Fsp3) is 0.100. The molecule has 62 valence electrons. The van der Waals surface area contributed by atoms with E-state index in [1.54, 1.807) is 11.6 Å². The lowest BCUT2D eigenvalue weighted by Gasteiger charge is -2.00. The largest absolute Gasteiger partial charge is 0.264 e. The molecular weight excluding hydrogens is 166 g/mol. The molecular formula is C10H11NS. The first-order valence-electron chi connectivity index (χ1n) is 3.70. The van der Waals surface area contributed by atoms with E-state index in [9.17, 15) is 0 Å². The number of hydrogen-bond acceptors (Lipinski definition) is 2. The van der Waals surface area contributed by atoms with Gasteiger partial charge in [-0.2, -0.15) is 0 Å². The van der Waals surface area contributed by atoms with Crippen molar-refractivity contribution in [3.05, 3.63) is 47.4 Å². The van der Waals surface area contributed by atoms with Crippen LogP contribution in [0.2, 0.25) is 0 Å². The minimum Gasteiger partial charge on any atom is -0.264 e. The Morgan fingerprint density at radius 3 is 3.25 bits per heavy atom. The molecule has 0 atom stereocenters. The van der Waals surface area contributed by atoms with Crippen LogP contribution in [0.1, 0.15) is 6.42 Å². The summed E-state index contributed by atoms with van der Waals surface area (Å²) in [4.78, 5) is 5.07. The number of allylic oxidation sites excluding steroid dienone is 3. The number of nitrogens with zero attached hydrogens (tertiary/aromatic N) is 1. The number of thioether (sulfide) groups is 1. The fourth-order valence-corrected chi connectivity index (χ4v) is 1.32. The van der Waals surface area contributed by atoms with Crippen LogP contribution in [0.5, 0.6) is 0 Å². The topological polar surface area (TPSA) is 12.4 Å². The van der Waals surface area contributed by atoms with Crippen molar-refractivity contribution in [2.45, 2.75) is 6.42 Å². The fourth-order valence-electron chi connectivity index (χ4n) is 0.847. The van der Waals surface area contributed by atoms with Crippen LogP contribution in [0.3, 0.4) is 0 Å². The van der Waals surface area contributed by atoms with E-state index in [0.29, 0.717) is 0 Å². The molecule has 12 heavy (non-hydrogen) atoms. The van der Waals surface area contributed by atoms with Crippen molar-refractivity contribution in [3.8, 4) is 0 Å². The number of hydrogen-bond donors (Lipinski definition) is 0. The van der Waals surface area contributed by atoms with Gasteiger partial charge in [0, 0.05) is 22.9 Å². The molecule has 2 heteroatoms. The second-order valence-electron chi connectivity index (χ2n) is 2.27. The van der Waals surface area contributed by atoms with Crippen molar-refractivity contribution in [2.75, 3.05) is 0 Å². The molecule has 1 rings (SSSR count). The SMILES string of the molecule is C=CSC(=C)C1=CCC=CN=C1. The maximum Gasteiger partial charge on any atom is 0.0348 e. The number of aliphatic imine (C=N–C) groups is 1. The Hall–Kier alpha value is -1.02. The second-order valence-corrected chi connectivity index (χ2v) is 3.33. The Kier molecular flexibility index (Phi) is 3.61. The van der Waals surface area contributed by atoms with Crippen LogP contribution in [-0.2, 0) is 0 Å². The lowest BCUT2D eigenvalue weighted by molar-refractivity contribution is 1.37. The van der Waals surface area contributed by atoms with E-state index in [1.165, 1.54) is 11.8 Å². The van der Waals surface area contributed by atoms with Crippen molar-refractivity contribution in [3.63, 3.8) is 0 Å². The predicted molar refractivity (Wildman–Crippen MR) is 57.3 cm³/mol. The minimum atomic E-state index is 0.923. The van der Waals surface area contributed by atoms with Crippen molar-refractivity contribution in [1.29, 1.82) is 0 Å². The molecule has 0 unspecified atom stereocenters. The Bertz CT molecular complexity index is 272. The molecule has 1 aliphatic heterocycles. The van der Waals surface area contributed by atoms with E-state index in [4.69, 9.17) is 0 Å². The van der Waals surface area contributed by atoms with E-state index in [2.05, 4.69) is 24.2 Å². The van der Waals surface area contributed by atoms with E-state index >= 15 is 0 Å². The number of rotatable bonds is 3. The summed E-state index contributed by atoms with van der Waals surface area (Å²) < 4.78 is 0. The molecule has 0 aromatic carbocycles. The van der Waals surface area contributed by atoms with E-state index in [0.717, 1.165) is 16.9 Å². The third kappa shape index (κ3) is 2.55. The van der Waals surface area contributed by atoms with Crippen molar-refractivity contribution in [1.82, 2.24) is 0 Å². The van der Waals surface area contributed by atoms with Crippen molar-refractivity contribution in [2.24, 2.45) is 4.99 Å². The molecule has 0 aliphatic carbocycles. The van der Waals surface area contributed by atoms with Gasteiger partial charge < -0.3 is 0 Å². The Morgan fingerprint density at radius 1 is 1.67 bits per heavy atom. The molecule has 1 heterocycles. The van der Waals surface area contributed by atoms with Gasteiger partial charge in [-0.3, -0.25) is 4.99 Å². The van der Waals surface area contributed by atoms with Gasteiger partial charge in [-0.15, -0.1) is 0 Å². The first-order valence-corrected chi connectivity index (χ1v) is 4.57. The molecule has 1 nitrogen and oxygen atoms in total. The lowest BCUT2D eigenvalue weighted by atomic mass is 10.2. The molecule has 0 bridgehead atoms. The van der Waals surface area contributed by atoms with Gasteiger partial charge in [0.2, 0.25) is 0 Å². The highest BCUT2D eigenvalue weighted by Crippen LogP contribution is 2.22. The molecule has 0 N–H and O–H groups in total. The van der Waals surface area contributed by atoms with Crippen LogP contribution in [-0.4, -0.2) is 6.21 Å². The second kappa shape index (κ2) is 4.78. The van der Waals surface area contributed by atoms with Gasteiger partial charge in [0.1, 0.15) is 0 Å². The summed E-state index contributed by atoms with van der Waals surface area (Å²) in [5.74, 6) is 0. The van der Waals surface area contributed by atoms with Gasteiger partial charge in [-0.1, -0.05) is 37.1 Å². The minimum absolute atomic E-state index is 0.923. The highest BCUT2D eigenvalue weighted by atomic mass is 32.2. The molecule has 0 saturated heterocycles. The van der Waals surface area contributed by atoms with E-state index in [1.807, 2.05) is 12.3 Å². The van der Waals surface area contributed by atoms with Crippen molar-refractivity contribution >= 4 is 18.0 Å². The first-order chi connectivity index (χ1) is 5.84. The Morgan fingerprint density at radius 2 is 2.50 bits per heavy atom. The summed E-state index contributed by atoms with van der Waals surface area (Å²) in [6.45, 7) is 7.55. The maximum absolute atomic E-state index is 4.07. The molecule has 0 saturated carbocycles. The summed E-state index contributed by atoms with van der Waals surface area (Å²) in [6, 6.07) is 0. The zero-order chi connectivity index (χ0) is 8.81. The molecule has 0 aromatic rings. The normalized spacial score (nSPS) is 15.2. The molecule has 1 aliphatic rings. The maximum atomic E-state index is 4.07. The standard InChI is InChI=1S/C10H11NS/c1-3-12-9(2)10-6-4-5-7-11-8-10/h3,5-8H,1-2,4H2. The lowest BCUT2D eigenvalue weighted by Crippen LogP contribution is -1.83. The van der Waals surface area contributed by atoms with Crippen LogP contribution in [0.25, 0.3) is 0 Å². The molecule has 0 radical (unpaired) electrons. The predicted octanol–water partition coefficient (Wildman–Crippen LogP) is 3.29. The van der Waals surface area contributed by atoms with Crippen molar-refractivity contribution < 1.29 is 0 Å². The van der Waals surface area contributed by atoms with Crippen LogP contribution in [0.15, 0.2) is 52.4 Å². The third-order valence-corrected chi connectivity index (χ3v) is 2.11. The molecule has 0 amide bonds. The summed E-state index contributed by atoms with van der Waals surface area (Å²) in [5.41, 5.74) is 1.09. The smallest absolute Gasteiger partial charge is 0.0348 e. The third-order valence-electron chi connectivity index (χ3n) is 1.43. The van der Waals surface area contributed by atoms with Crippen LogP contribution < -0.4 is 0 Å². The monoisotopic (exact) mass is 177 g/mol. The summed E-state index contributed by atoms with van der Waals surface area (Å²) in [7, 11) is 0.